The molecule has 2 aromatic carbocycles. The molecule has 0 saturated carbocycles. The van der Waals surface area contributed by atoms with Gasteiger partial charge in [0.2, 0.25) is 4.96 Å². The molecule has 5 nitrogen and oxygen atoms in total. The Morgan fingerprint density at radius 1 is 1.05 bits per heavy atom. The molecular formula is C15H10N4OS. The molecule has 6 heteroatoms. The first-order valence-electron chi connectivity index (χ1n) is 6.39. The molecule has 0 aliphatic carbocycles. The van der Waals surface area contributed by atoms with Crippen molar-refractivity contribution in [1.29, 1.82) is 0 Å². The molecule has 0 atom stereocenters. The summed E-state index contributed by atoms with van der Waals surface area (Å²) in [4.78, 5) is 5.31. The second kappa shape index (κ2) is 4.68. The number of imidazole rings is 1. The number of para-hydroxylation sites is 2. The van der Waals surface area contributed by atoms with Crippen LogP contribution in [0.15, 0.2) is 59.8 Å². The van der Waals surface area contributed by atoms with Crippen LogP contribution in [0.2, 0.25) is 0 Å². The maximum absolute atomic E-state index is 9.44. The Morgan fingerprint density at radius 2 is 1.81 bits per heavy atom. The first kappa shape index (κ1) is 12.0. The van der Waals surface area contributed by atoms with Crippen LogP contribution in [-0.2, 0) is 0 Å². The van der Waals surface area contributed by atoms with Crippen molar-refractivity contribution in [2.75, 3.05) is 0 Å². The number of aromatic nitrogens is 3. The van der Waals surface area contributed by atoms with E-state index in [9.17, 15) is 5.21 Å². The highest BCUT2D eigenvalue weighted by Crippen LogP contribution is 2.22. The Bertz CT molecular complexity index is 956. The Labute approximate surface area is 124 Å². The first-order valence-corrected chi connectivity index (χ1v) is 7.16. The molecule has 0 aliphatic rings. The van der Waals surface area contributed by atoms with Crippen LogP contribution in [0.1, 0.15) is 11.4 Å². The topological polar surface area (TPSA) is 62.8 Å². The van der Waals surface area contributed by atoms with E-state index in [1.54, 1.807) is 0 Å². The Balaban J connectivity index is 2.02. The lowest BCUT2D eigenvalue weighted by Crippen LogP contribution is -2.08. The number of benzene rings is 2. The molecule has 0 aliphatic heterocycles. The zero-order valence-corrected chi connectivity index (χ0v) is 11.7. The number of hydrogen-bond acceptors (Lipinski definition) is 5. The van der Waals surface area contributed by atoms with Crippen LogP contribution in [0, 0.1) is 0 Å². The number of hydrogen-bond donors (Lipinski definition) is 1. The quantitative estimate of drug-likeness (QED) is 0.351. The van der Waals surface area contributed by atoms with Gasteiger partial charge in [-0.05, 0) is 12.1 Å². The van der Waals surface area contributed by atoms with Crippen LogP contribution in [0.25, 0.3) is 16.0 Å². The van der Waals surface area contributed by atoms with Crippen LogP contribution in [-0.4, -0.2) is 24.7 Å². The molecule has 0 spiro atoms. The first-order chi connectivity index (χ1) is 10.4. The van der Waals surface area contributed by atoms with Crippen LogP contribution in [0.3, 0.4) is 0 Å². The lowest BCUT2D eigenvalue weighted by Gasteiger charge is -2.02. The summed E-state index contributed by atoms with van der Waals surface area (Å²) in [5, 5.41) is 12.9. The van der Waals surface area contributed by atoms with Crippen LogP contribution in [0.4, 0.5) is 0 Å². The molecule has 4 aromatic rings. The fourth-order valence-electron chi connectivity index (χ4n) is 2.37. The molecule has 21 heavy (non-hydrogen) atoms. The van der Waals surface area contributed by atoms with E-state index in [0.717, 1.165) is 21.6 Å². The third kappa shape index (κ3) is 1.80. The van der Waals surface area contributed by atoms with Crippen molar-refractivity contribution in [3.8, 4) is 0 Å². The Morgan fingerprint density at radius 3 is 2.62 bits per heavy atom. The summed E-state index contributed by atoms with van der Waals surface area (Å²) in [6, 6.07) is 17.3. The van der Waals surface area contributed by atoms with E-state index in [1.807, 2.05) is 59.0 Å². The average molecular weight is 294 g/mol. The van der Waals surface area contributed by atoms with Gasteiger partial charge in [-0.3, -0.25) is 4.40 Å². The van der Waals surface area contributed by atoms with Crippen LogP contribution >= 0.6 is 11.5 Å². The van der Waals surface area contributed by atoms with E-state index in [0.29, 0.717) is 11.5 Å². The summed E-state index contributed by atoms with van der Waals surface area (Å²) >= 11 is 1.29. The number of nitrogens with zero attached hydrogens (tertiary/aromatic N) is 4. The summed E-state index contributed by atoms with van der Waals surface area (Å²) in [6.45, 7) is 0. The van der Waals surface area contributed by atoms with E-state index in [1.165, 1.54) is 11.5 Å². The van der Waals surface area contributed by atoms with E-state index < -0.39 is 0 Å². The van der Waals surface area contributed by atoms with Crippen molar-refractivity contribution in [2.24, 2.45) is 5.16 Å². The molecule has 0 amide bonds. The van der Waals surface area contributed by atoms with Crippen LogP contribution in [0.5, 0.6) is 0 Å². The summed E-state index contributed by atoms with van der Waals surface area (Å²) in [7, 11) is 0. The molecular weight excluding hydrogens is 284 g/mol. The van der Waals surface area contributed by atoms with Crippen molar-refractivity contribution in [2.45, 2.75) is 0 Å². The van der Waals surface area contributed by atoms with Gasteiger partial charge < -0.3 is 5.21 Å². The van der Waals surface area contributed by atoms with Crippen molar-refractivity contribution in [3.05, 3.63) is 66.0 Å². The van der Waals surface area contributed by atoms with E-state index >= 15 is 0 Å². The number of rotatable bonds is 2. The fraction of sp³-hybridized carbons (Fsp3) is 0. The third-order valence-electron chi connectivity index (χ3n) is 3.31. The Kier molecular flexibility index (Phi) is 2.68. The van der Waals surface area contributed by atoms with Gasteiger partial charge in [0, 0.05) is 17.1 Å². The zero-order valence-electron chi connectivity index (χ0n) is 10.8. The highest BCUT2D eigenvalue weighted by atomic mass is 32.1. The molecule has 0 saturated heterocycles. The largest absolute Gasteiger partial charge is 0.410 e. The smallest absolute Gasteiger partial charge is 0.214 e. The molecule has 1 N–H and O–H groups in total. The minimum Gasteiger partial charge on any atom is -0.410 e. The molecule has 2 aromatic heterocycles. The molecule has 0 fully saturated rings. The molecule has 0 radical (unpaired) electrons. The number of fused-ring (bicyclic) bond motifs is 3. The van der Waals surface area contributed by atoms with Gasteiger partial charge in [-0.25, -0.2) is 4.98 Å². The lowest BCUT2D eigenvalue weighted by molar-refractivity contribution is 0.319. The van der Waals surface area contributed by atoms with Gasteiger partial charge in [0.15, 0.2) is 11.5 Å². The maximum Gasteiger partial charge on any atom is 0.214 e. The van der Waals surface area contributed by atoms with Gasteiger partial charge in [-0.2, -0.15) is 4.37 Å². The van der Waals surface area contributed by atoms with E-state index in [-0.39, 0.29) is 0 Å². The minimum atomic E-state index is 0.435. The normalized spacial score (nSPS) is 12.3. The summed E-state index contributed by atoms with van der Waals surface area (Å²) in [6.07, 6.45) is 0. The maximum atomic E-state index is 9.44. The standard InChI is InChI=1S/C15H10N4OS/c20-17-13(10-6-2-1-3-7-10)14-18-21-15-16-11-8-4-5-9-12(11)19(14)15/h1-9,20H. The van der Waals surface area contributed by atoms with Gasteiger partial charge in [-0.15, -0.1) is 0 Å². The monoisotopic (exact) mass is 294 g/mol. The van der Waals surface area contributed by atoms with Crippen LogP contribution < -0.4 is 0 Å². The highest BCUT2D eigenvalue weighted by molar-refractivity contribution is 7.11. The Hall–Kier alpha value is -2.73. The van der Waals surface area contributed by atoms with Crippen molar-refractivity contribution in [1.82, 2.24) is 13.8 Å². The summed E-state index contributed by atoms with van der Waals surface area (Å²) < 4.78 is 6.32. The second-order valence-corrected chi connectivity index (χ2v) is 5.27. The summed E-state index contributed by atoms with van der Waals surface area (Å²) in [5.74, 6) is 0.595. The van der Waals surface area contributed by atoms with Gasteiger partial charge in [0.05, 0.1) is 11.0 Å². The molecule has 0 bridgehead atoms. The minimum absolute atomic E-state index is 0.435. The van der Waals surface area contributed by atoms with E-state index in [2.05, 4.69) is 14.5 Å². The third-order valence-corrected chi connectivity index (χ3v) is 4.02. The molecule has 102 valence electrons. The van der Waals surface area contributed by atoms with Gasteiger partial charge >= 0.3 is 0 Å². The fourth-order valence-corrected chi connectivity index (χ4v) is 3.11. The van der Waals surface area contributed by atoms with Crippen molar-refractivity contribution < 1.29 is 5.21 Å². The lowest BCUT2D eigenvalue weighted by atomic mass is 10.1. The number of oxime groups is 1. The van der Waals surface area contributed by atoms with Gasteiger partial charge in [0.25, 0.3) is 0 Å². The summed E-state index contributed by atoms with van der Waals surface area (Å²) in [5.41, 5.74) is 3.10. The van der Waals surface area contributed by atoms with Crippen molar-refractivity contribution in [3.63, 3.8) is 0 Å². The predicted molar refractivity (Wildman–Crippen MR) is 82.2 cm³/mol. The van der Waals surface area contributed by atoms with Crippen molar-refractivity contribution >= 4 is 33.2 Å². The molecule has 4 rings (SSSR count). The predicted octanol–water partition coefficient (Wildman–Crippen LogP) is 3.17. The second-order valence-electron chi connectivity index (χ2n) is 4.54. The SMILES string of the molecule is ON=C(c1ccccc1)c1nsc2nc3ccccc3n12. The zero-order chi connectivity index (χ0) is 14.2. The highest BCUT2D eigenvalue weighted by Gasteiger charge is 2.18. The molecule has 2 heterocycles. The molecule has 0 unspecified atom stereocenters. The van der Waals surface area contributed by atoms with Gasteiger partial charge in [-0.1, -0.05) is 47.6 Å². The van der Waals surface area contributed by atoms with E-state index in [4.69, 9.17) is 0 Å². The average Bonchev–Trinajstić information content (AvgIpc) is 3.09. The van der Waals surface area contributed by atoms with Gasteiger partial charge in [0.1, 0.15) is 0 Å².